The lowest BCUT2D eigenvalue weighted by atomic mass is 10.1. The average molecular weight is 287 g/mol. The minimum atomic E-state index is -0.912. The number of carboxylic acids is 1. The van der Waals surface area contributed by atoms with Crippen molar-refractivity contribution >= 4 is 11.7 Å². The van der Waals surface area contributed by atoms with Crippen LogP contribution in [0.25, 0.3) is 0 Å². The smallest absolute Gasteiger partial charge is 0.323 e. The van der Waals surface area contributed by atoms with Gasteiger partial charge in [-0.15, -0.1) is 0 Å². The number of nitrogens with zero attached hydrogens (tertiary/aromatic N) is 1. The second-order valence-corrected chi connectivity index (χ2v) is 5.16. The molecule has 0 saturated heterocycles. The summed E-state index contributed by atoms with van der Waals surface area (Å²) in [5.74, 6) is -1.22. The normalized spacial score (nSPS) is 10.4. The Kier molecular flexibility index (Phi) is 4.58. The van der Waals surface area contributed by atoms with Crippen LogP contribution in [0.4, 0.5) is 10.1 Å². The predicted molar refractivity (Wildman–Crippen MR) is 81.0 cm³/mol. The van der Waals surface area contributed by atoms with E-state index in [4.69, 9.17) is 5.11 Å². The van der Waals surface area contributed by atoms with E-state index < -0.39 is 5.97 Å². The molecule has 2 aromatic carbocycles. The Balaban J connectivity index is 2.30. The van der Waals surface area contributed by atoms with Crippen molar-refractivity contribution in [3.63, 3.8) is 0 Å². The van der Waals surface area contributed by atoms with Crippen LogP contribution in [0.5, 0.6) is 0 Å². The monoisotopic (exact) mass is 287 g/mol. The van der Waals surface area contributed by atoms with Crippen molar-refractivity contribution in [3.05, 3.63) is 65.0 Å². The van der Waals surface area contributed by atoms with Gasteiger partial charge in [0.1, 0.15) is 12.4 Å². The van der Waals surface area contributed by atoms with E-state index in [9.17, 15) is 9.18 Å². The van der Waals surface area contributed by atoms with Crippen molar-refractivity contribution in [2.75, 3.05) is 11.4 Å². The van der Waals surface area contributed by atoms with Crippen molar-refractivity contribution in [2.45, 2.75) is 20.4 Å². The average Bonchev–Trinajstić information content (AvgIpc) is 2.42. The Morgan fingerprint density at radius 2 is 1.81 bits per heavy atom. The van der Waals surface area contributed by atoms with Gasteiger partial charge in [-0.25, -0.2) is 4.39 Å². The Labute approximate surface area is 123 Å². The molecule has 2 aromatic rings. The van der Waals surface area contributed by atoms with Gasteiger partial charge in [0.2, 0.25) is 0 Å². The van der Waals surface area contributed by atoms with E-state index in [1.54, 1.807) is 11.0 Å². The van der Waals surface area contributed by atoms with Gasteiger partial charge in [0.05, 0.1) is 0 Å². The van der Waals surface area contributed by atoms with Crippen LogP contribution >= 0.6 is 0 Å². The molecule has 1 N–H and O–H groups in total. The van der Waals surface area contributed by atoms with E-state index >= 15 is 0 Å². The van der Waals surface area contributed by atoms with Crippen LogP contribution < -0.4 is 4.90 Å². The second-order valence-electron chi connectivity index (χ2n) is 5.16. The fourth-order valence-corrected chi connectivity index (χ4v) is 2.17. The number of carbonyl (C=O) groups is 1. The van der Waals surface area contributed by atoms with Crippen LogP contribution in [0, 0.1) is 19.7 Å². The first kappa shape index (κ1) is 15.0. The van der Waals surface area contributed by atoms with Crippen LogP contribution in [0.3, 0.4) is 0 Å². The molecule has 0 aliphatic heterocycles. The molecule has 0 amide bonds. The summed E-state index contributed by atoms with van der Waals surface area (Å²) in [5.41, 5.74) is 3.65. The van der Waals surface area contributed by atoms with Gasteiger partial charge in [0, 0.05) is 12.2 Å². The van der Waals surface area contributed by atoms with Crippen LogP contribution in [0.15, 0.2) is 42.5 Å². The number of halogens is 1. The number of carboxylic acid groups (broad SMARTS) is 1. The van der Waals surface area contributed by atoms with E-state index in [0.717, 1.165) is 22.4 Å². The van der Waals surface area contributed by atoms with Gasteiger partial charge in [-0.3, -0.25) is 4.79 Å². The summed E-state index contributed by atoms with van der Waals surface area (Å²) in [4.78, 5) is 12.8. The Morgan fingerprint density at radius 1 is 1.14 bits per heavy atom. The zero-order chi connectivity index (χ0) is 15.4. The fourth-order valence-electron chi connectivity index (χ4n) is 2.17. The van der Waals surface area contributed by atoms with E-state index in [2.05, 4.69) is 0 Å². The summed E-state index contributed by atoms with van der Waals surface area (Å²) in [7, 11) is 0. The fraction of sp³-hybridized carbons (Fsp3) is 0.235. The molecule has 0 fully saturated rings. The number of anilines is 1. The lowest BCUT2D eigenvalue weighted by Gasteiger charge is -2.24. The quantitative estimate of drug-likeness (QED) is 0.914. The summed E-state index contributed by atoms with van der Waals surface area (Å²) in [5, 5.41) is 9.09. The third-order valence-corrected chi connectivity index (χ3v) is 3.40. The van der Waals surface area contributed by atoms with Crippen molar-refractivity contribution in [3.8, 4) is 0 Å². The number of aryl methyl sites for hydroxylation is 2. The number of aliphatic carboxylic acids is 1. The van der Waals surface area contributed by atoms with Gasteiger partial charge in [-0.1, -0.05) is 23.8 Å². The Morgan fingerprint density at radius 3 is 2.43 bits per heavy atom. The molecule has 21 heavy (non-hydrogen) atoms. The first-order chi connectivity index (χ1) is 9.95. The van der Waals surface area contributed by atoms with Crippen LogP contribution in [0.1, 0.15) is 16.7 Å². The van der Waals surface area contributed by atoms with E-state index in [0.29, 0.717) is 6.54 Å². The van der Waals surface area contributed by atoms with Crippen molar-refractivity contribution < 1.29 is 14.3 Å². The molecule has 0 aromatic heterocycles. The first-order valence-electron chi connectivity index (χ1n) is 6.74. The zero-order valence-corrected chi connectivity index (χ0v) is 12.1. The van der Waals surface area contributed by atoms with Gasteiger partial charge >= 0.3 is 5.97 Å². The Hall–Kier alpha value is -2.36. The topological polar surface area (TPSA) is 40.5 Å². The summed E-state index contributed by atoms with van der Waals surface area (Å²) in [6.07, 6.45) is 0. The SMILES string of the molecule is Cc1ccc(N(CC(=O)O)Cc2cc(F)ccc2C)cc1. The summed E-state index contributed by atoms with van der Waals surface area (Å²) in [6.45, 7) is 4.10. The molecule has 0 atom stereocenters. The van der Waals surface area contributed by atoms with Gasteiger partial charge in [0.15, 0.2) is 0 Å². The van der Waals surface area contributed by atoms with Gasteiger partial charge in [-0.05, 0) is 49.2 Å². The molecule has 0 unspecified atom stereocenters. The molecule has 0 radical (unpaired) electrons. The highest BCUT2D eigenvalue weighted by Gasteiger charge is 2.13. The van der Waals surface area contributed by atoms with Crippen LogP contribution in [-0.4, -0.2) is 17.6 Å². The number of benzene rings is 2. The number of hydrogen-bond donors (Lipinski definition) is 1. The predicted octanol–water partition coefficient (Wildman–Crippen LogP) is 3.53. The molecule has 0 aliphatic carbocycles. The van der Waals surface area contributed by atoms with Gasteiger partial charge < -0.3 is 10.0 Å². The van der Waals surface area contributed by atoms with Gasteiger partial charge in [-0.2, -0.15) is 0 Å². The zero-order valence-electron chi connectivity index (χ0n) is 12.1. The minimum Gasteiger partial charge on any atom is -0.480 e. The maximum Gasteiger partial charge on any atom is 0.323 e. The molecule has 0 aliphatic rings. The highest BCUT2D eigenvalue weighted by molar-refractivity contribution is 5.73. The number of hydrogen-bond acceptors (Lipinski definition) is 2. The standard InChI is InChI=1S/C17H18FNO2/c1-12-3-7-16(8-4-12)19(11-17(20)21)10-14-9-15(18)6-5-13(14)2/h3-9H,10-11H2,1-2H3,(H,20,21). The molecular weight excluding hydrogens is 269 g/mol. The van der Waals surface area contributed by atoms with E-state index in [1.165, 1.54) is 12.1 Å². The third kappa shape index (κ3) is 4.05. The van der Waals surface area contributed by atoms with Crippen LogP contribution in [0.2, 0.25) is 0 Å². The van der Waals surface area contributed by atoms with Crippen molar-refractivity contribution in [1.29, 1.82) is 0 Å². The highest BCUT2D eigenvalue weighted by Crippen LogP contribution is 2.20. The second kappa shape index (κ2) is 6.39. The summed E-state index contributed by atoms with van der Waals surface area (Å²) < 4.78 is 13.4. The summed E-state index contributed by atoms with van der Waals surface area (Å²) >= 11 is 0. The van der Waals surface area contributed by atoms with Gasteiger partial charge in [0.25, 0.3) is 0 Å². The maximum atomic E-state index is 13.4. The van der Waals surface area contributed by atoms with Crippen molar-refractivity contribution in [2.24, 2.45) is 0 Å². The largest absolute Gasteiger partial charge is 0.480 e. The highest BCUT2D eigenvalue weighted by atomic mass is 19.1. The van der Waals surface area contributed by atoms with E-state index in [1.807, 2.05) is 38.1 Å². The molecular formula is C17H18FNO2. The molecule has 0 spiro atoms. The molecule has 4 heteroatoms. The molecule has 0 heterocycles. The molecule has 0 bridgehead atoms. The lowest BCUT2D eigenvalue weighted by molar-refractivity contribution is -0.135. The molecule has 110 valence electrons. The van der Waals surface area contributed by atoms with Crippen molar-refractivity contribution in [1.82, 2.24) is 0 Å². The first-order valence-corrected chi connectivity index (χ1v) is 6.74. The lowest BCUT2D eigenvalue weighted by Crippen LogP contribution is -2.29. The molecule has 2 rings (SSSR count). The minimum absolute atomic E-state index is 0.126. The number of rotatable bonds is 5. The molecule has 3 nitrogen and oxygen atoms in total. The van der Waals surface area contributed by atoms with Crippen LogP contribution in [-0.2, 0) is 11.3 Å². The third-order valence-electron chi connectivity index (χ3n) is 3.40. The van der Waals surface area contributed by atoms with E-state index in [-0.39, 0.29) is 12.4 Å². The maximum absolute atomic E-state index is 13.4. The molecule has 0 saturated carbocycles. The Bertz CT molecular complexity index is 638. The summed E-state index contributed by atoms with van der Waals surface area (Å²) in [6, 6.07) is 12.2.